The van der Waals surface area contributed by atoms with E-state index in [0.717, 1.165) is 9.87 Å². The first-order chi connectivity index (χ1) is 11.8. The Balaban J connectivity index is 1.85. The maximum atomic E-state index is 12.1. The van der Waals surface area contributed by atoms with Crippen molar-refractivity contribution in [2.45, 2.75) is 11.8 Å². The van der Waals surface area contributed by atoms with Crippen molar-refractivity contribution >= 4 is 15.9 Å². The van der Waals surface area contributed by atoms with E-state index >= 15 is 0 Å². The molecular weight excluding hydrogens is 340 g/mol. The number of sulfonamides is 1. The Morgan fingerprint density at radius 1 is 1.08 bits per heavy atom. The van der Waals surface area contributed by atoms with E-state index in [1.54, 1.807) is 18.2 Å². The second-order valence-electron chi connectivity index (χ2n) is 5.68. The average molecular weight is 362 g/mol. The molecule has 1 amide bonds. The number of carbonyl (C=O) groups excluding carboxylic acids is 1. The molecule has 2 aromatic rings. The number of amides is 1. The molecule has 0 saturated carbocycles. The van der Waals surface area contributed by atoms with E-state index in [-0.39, 0.29) is 17.4 Å². The van der Waals surface area contributed by atoms with Crippen LogP contribution in [0, 0.1) is 6.92 Å². The molecule has 0 heterocycles. The van der Waals surface area contributed by atoms with E-state index in [2.05, 4.69) is 5.32 Å². The molecule has 6 nitrogen and oxygen atoms in total. The molecule has 0 bridgehead atoms. The molecule has 134 valence electrons. The zero-order valence-corrected chi connectivity index (χ0v) is 15.3. The number of carbonyl (C=O) groups is 1. The lowest BCUT2D eigenvalue weighted by molar-refractivity contribution is 0.0946. The van der Waals surface area contributed by atoms with Gasteiger partial charge < -0.3 is 10.1 Å². The normalized spacial score (nSPS) is 11.4. The van der Waals surface area contributed by atoms with Crippen LogP contribution >= 0.6 is 0 Å². The van der Waals surface area contributed by atoms with Crippen LogP contribution in [0.5, 0.6) is 5.75 Å². The van der Waals surface area contributed by atoms with Crippen molar-refractivity contribution in [1.82, 2.24) is 9.62 Å². The molecule has 0 aliphatic carbocycles. The minimum atomic E-state index is -3.44. The molecule has 2 rings (SSSR count). The van der Waals surface area contributed by atoms with E-state index in [1.165, 1.54) is 26.2 Å². The van der Waals surface area contributed by atoms with Crippen LogP contribution in [0.3, 0.4) is 0 Å². The van der Waals surface area contributed by atoms with E-state index in [9.17, 15) is 13.2 Å². The molecule has 0 spiro atoms. The van der Waals surface area contributed by atoms with Gasteiger partial charge in [0.1, 0.15) is 12.4 Å². The highest BCUT2D eigenvalue weighted by atomic mass is 32.2. The van der Waals surface area contributed by atoms with Gasteiger partial charge in [-0.15, -0.1) is 0 Å². The Hall–Kier alpha value is -2.38. The van der Waals surface area contributed by atoms with Crippen molar-refractivity contribution in [2.24, 2.45) is 0 Å². The summed E-state index contributed by atoms with van der Waals surface area (Å²) in [6.45, 7) is 2.52. The molecular formula is C18H22N2O4S. The highest BCUT2D eigenvalue weighted by molar-refractivity contribution is 7.89. The van der Waals surface area contributed by atoms with Crippen molar-refractivity contribution in [2.75, 3.05) is 27.2 Å². The molecule has 0 fully saturated rings. The number of nitrogens with zero attached hydrogens (tertiary/aromatic N) is 1. The third-order valence-corrected chi connectivity index (χ3v) is 5.48. The summed E-state index contributed by atoms with van der Waals surface area (Å²) in [7, 11) is -0.478. The van der Waals surface area contributed by atoms with Gasteiger partial charge in [-0.3, -0.25) is 4.79 Å². The Bertz CT molecular complexity index is 830. The number of hydrogen-bond donors (Lipinski definition) is 1. The Morgan fingerprint density at radius 3 is 2.32 bits per heavy atom. The molecule has 0 aliphatic rings. The molecule has 0 aliphatic heterocycles. The molecule has 0 radical (unpaired) electrons. The lowest BCUT2D eigenvalue weighted by Crippen LogP contribution is -2.28. The van der Waals surface area contributed by atoms with E-state index < -0.39 is 10.0 Å². The molecule has 0 unspecified atom stereocenters. The summed E-state index contributed by atoms with van der Waals surface area (Å²) in [6, 6.07) is 13.5. The predicted molar refractivity (Wildman–Crippen MR) is 96.3 cm³/mol. The SMILES string of the molecule is Cc1ccccc1C(=O)NCCOc1ccc(S(=O)(=O)N(C)C)cc1. The summed E-state index contributed by atoms with van der Waals surface area (Å²) in [5.41, 5.74) is 1.55. The summed E-state index contributed by atoms with van der Waals surface area (Å²) in [6.07, 6.45) is 0. The first kappa shape index (κ1) is 19.0. The molecule has 0 atom stereocenters. The molecule has 1 N–H and O–H groups in total. The zero-order valence-electron chi connectivity index (χ0n) is 14.5. The average Bonchev–Trinajstić information content (AvgIpc) is 2.59. The summed E-state index contributed by atoms with van der Waals surface area (Å²) in [5, 5.41) is 2.79. The van der Waals surface area contributed by atoms with Gasteiger partial charge in [-0.05, 0) is 42.8 Å². The number of rotatable bonds is 7. The third kappa shape index (κ3) is 4.80. The standard InChI is InChI=1S/C18H22N2O4S/c1-14-6-4-5-7-17(14)18(21)19-12-13-24-15-8-10-16(11-9-15)25(22,23)20(2)3/h4-11H,12-13H2,1-3H3,(H,19,21). The molecule has 0 saturated heterocycles. The van der Waals surface area contributed by atoms with Gasteiger partial charge >= 0.3 is 0 Å². The Kier molecular flexibility index (Phi) is 6.17. The van der Waals surface area contributed by atoms with Gasteiger partial charge in [-0.2, -0.15) is 0 Å². The van der Waals surface area contributed by atoms with Crippen LogP contribution in [-0.4, -0.2) is 45.9 Å². The van der Waals surface area contributed by atoms with Crippen LogP contribution in [-0.2, 0) is 10.0 Å². The Morgan fingerprint density at radius 2 is 1.72 bits per heavy atom. The van der Waals surface area contributed by atoms with Crippen LogP contribution in [0.1, 0.15) is 15.9 Å². The van der Waals surface area contributed by atoms with Crippen LogP contribution in [0.2, 0.25) is 0 Å². The zero-order chi connectivity index (χ0) is 18.4. The first-order valence-electron chi connectivity index (χ1n) is 7.81. The fraction of sp³-hybridized carbons (Fsp3) is 0.278. The third-order valence-electron chi connectivity index (χ3n) is 3.65. The van der Waals surface area contributed by atoms with Gasteiger partial charge in [-0.1, -0.05) is 18.2 Å². The van der Waals surface area contributed by atoms with Gasteiger partial charge in [0.05, 0.1) is 11.4 Å². The van der Waals surface area contributed by atoms with E-state index in [1.807, 2.05) is 25.1 Å². The second kappa shape index (κ2) is 8.13. The van der Waals surface area contributed by atoms with Gasteiger partial charge in [-0.25, -0.2) is 12.7 Å². The number of ether oxygens (including phenoxy) is 1. The lowest BCUT2D eigenvalue weighted by Gasteiger charge is -2.12. The quantitative estimate of drug-likeness (QED) is 0.765. The summed E-state index contributed by atoms with van der Waals surface area (Å²) >= 11 is 0. The summed E-state index contributed by atoms with van der Waals surface area (Å²) in [5.74, 6) is 0.400. The summed E-state index contributed by atoms with van der Waals surface area (Å²) < 4.78 is 30.6. The van der Waals surface area contributed by atoms with Crippen molar-refractivity contribution < 1.29 is 17.9 Å². The smallest absolute Gasteiger partial charge is 0.251 e. The van der Waals surface area contributed by atoms with Gasteiger partial charge in [0.2, 0.25) is 10.0 Å². The number of nitrogens with one attached hydrogen (secondary N) is 1. The van der Waals surface area contributed by atoms with Gasteiger partial charge in [0.15, 0.2) is 0 Å². The van der Waals surface area contributed by atoms with Crippen LogP contribution in [0.4, 0.5) is 0 Å². The van der Waals surface area contributed by atoms with Crippen molar-refractivity contribution in [3.8, 4) is 5.75 Å². The molecule has 0 aromatic heterocycles. The summed E-state index contributed by atoms with van der Waals surface area (Å²) in [4.78, 5) is 12.3. The van der Waals surface area contributed by atoms with E-state index in [4.69, 9.17) is 4.74 Å². The first-order valence-corrected chi connectivity index (χ1v) is 9.25. The van der Waals surface area contributed by atoms with Gasteiger partial charge in [0.25, 0.3) is 5.91 Å². The number of aryl methyl sites for hydroxylation is 1. The maximum Gasteiger partial charge on any atom is 0.251 e. The van der Waals surface area contributed by atoms with Crippen molar-refractivity contribution in [1.29, 1.82) is 0 Å². The van der Waals surface area contributed by atoms with Crippen molar-refractivity contribution in [3.63, 3.8) is 0 Å². The molecule has 7 heteroatoms. The fourth-order valence-electron chi connectivity index (χ4n) is 2.17. The Labute approximate surface area is 148 Å². The van der Waals surface area contributed by atoms with E-state index in [0.29, 0.717) is 17.9 Å². The lowest BCUT2D eigenvalue weighted by atomic mass is 10.1. The fourth-order valence-corrected chi connectivity index (χ4v) is 3.08. The predicted octanol–water partition coefficient (Wildman–Crippen LogP) is 2.05. The highest BCUT2D eigenvalue weighted by Gasteiger charge is 2.16. The second-order valence-corrected chi connectivity index (χ2v) is 7.83. The molecule has 2 aromatic carbocycles. The minimum absolute atomic E-state index is 0.144. The maximum absolute atomic E-state index is 12.1. The molecule has 25 heavy (non-hydrogen) atoms. The highest BCUT2D eigenvalue weighted by Crippen LogP contribution is 2.17. The number of hydrogen-bond acceptors (Lipinski definition) is 4. The monoisotopic (exact) mass is 362 g/mol. The van der Waals surface area contributed by atoms with Crippen LogP contribution < -0.4 is 10.1 Å². The number of benzene rings is 2. The van der Waals surface area contributed by atoms with Crippen LogP contribution in [0.15, 0.2) is 53.4 Å². The topological polar surface area (TPSA) is 75.7 Å². The van der Waals surface area contributed by atoms with Gasteiger partial charge in [0, 0.05) is 19.7 Å². The van der Waals surface area contributed by atoms with Crippen molar-refractivity contribution in [3.05, 3.63) is 59.7 Å². The largest absolute Gasteiger partial charge is 0.492 e. The minimum Gasteiger partial charge on any atom is -0.492 e. The van der Waals surface area contributed by atoms with Crippen LogP contribution in [0.25, 0.3) is 0 Å².